The molecule has 0 N–H and O–H groups in total. The molecule has 0 aromatic carbocycles. The van der Waals surface area contributed by atoms with Crippen LogP contribution in [-0.4, -0.2) is 19.1 Å². The summed E-state index contributed by atoms with van der Waals surface area (Å²) in [5.41, 5.74) is 1.23. The molecule has 0 amide bonds. The second-order valence-corrected chi connectivity index (χ2v) is 6.16. The number of allylic oxidation sites excluding steroid dienone is 10. The molecule has 0 atom stereocenters. The van der Waals surface area contributed by atoms with E-state index in [4.69, 9.17) is 4.74 Å². The van der Waals surface area contributed by atoms with Crippen LogP contribution in [0.5, 0.6) is 0 Å². The Bertz CT molecular complexity index is 714. The molecule has 26 heavy (non-hydrogen) atoms. The summed E-state index contributed by atoms with van der Waals surface area (Å²) in [5.74, 6) is 0.823. The number of hydrogen-bond acceptors (Lipinski definition) is 2. The van der Waals surface area contributed by atoms with E-state index in [1.54, 1.807) is 13.0 Å². The number of rotatable bonds is 7. The summed E-state index contributed by atoms with van der Waals surface area (Å²) in [5, 5.41) is 0. The van der Waals surface area contributed by atoms with Crippen LogP contribution in [0.25, 0.3) is 0 Å². The topological polar surface area (TPSA) is 26.3 Å². The standard InChI is InChI=1S/C21H25F3O2/c1-6-8-26-20-10-14(3)9-18(11-15(20)4)17(7-2)12-19(16(5)13-25)21(22,23)24/h7,9,11-13H,5-6,8,10H2,1-4H3/b17-7+,19-12+. The van der Waals surface area contributed by atoms with Crippen molar-refractivity contribution in [1.29, 1.82) is 0 Å². The predicted molar refractivity (Wildman–Crippen MR) is 98.5 cm³/mol. The summed E-state index contributed by atoms with van der Waals surface area (Å²) in [6, 6.07) is 0. The van der Waals surface area contributed by atoms with Gasteiger partial charge in [0.15, 0.2) is 0 Å². The number of aldehydes is 1. The Balaban J connectivity index is 3.41. The third-order valence-electron chi connectivity index (χ3n) is 3.87. The third-order valence-corrected chi connectivity index (χ3v) is 3.87. The fourth-order valence-corrected chi connectivity index (χ4v) is 2.53. The molecule has 0 aromatic heterocycles. The molecule has 0 spiro atoms. The van der Waals surface area contributed by atoms with E-state index in [1.807, 2.05) is 32.9 Å². The average Bonchev–Trinajstić information content (AvgIpc) is 2.70. The zero-order chi connectivity index (χ0) is 19.9. The van der Waals surface area contributed by atoms with Crippen LogP contribution in [-0.2, 0) is 9.53 Å². The summed E-state index contributed by atoms with van der Waals surface area (Å²) in [6.45, 7) is 11.3. The predicted octanol–water partition coefficient (Wildman–Crippen LogP) is 6.15. The van der Waals surface area contributed by atoms with Crippen molar-refractivity contribution in [1.82, 2.24) is 0 Å². The lowest BCUT2D eigenvalue weighted by Crippen LogP contribution is -2.14. The third kappa shape index (κ3) is 5.90. The first-order valence-electron chi connectivity index (χ1n) is 8.45. The van der Waals surface area contributed by atoms with Gasteiger partial charge in [0.05, 0.1) is 12.2 Å². The summed E-state index contributed by atoms with van der Waals surface area (Å²) in [4.78, 5) is 10.8. The summed E-state index contributed by atoms with van der Waals surface area (Å²) < 4.78 is 45.6. The smallest absolute Gasteiger partial charge is 0.417 e. The van der Waals surface area contributed by atoms with Crippen molar-refractivity contribution in [3.8, 4) is 0 Å². The highest BCUT2D eigenvalue weighted by atomic mass is 19.4. The fourth-order valence-electron chi connectivity index (χ4n) is 2.53. The van der Waals surface area contributed by atoms with Crippen molar-refractivity contribution in [2.45, 2.75) is 46.7 Å². The summed E-state index contributed by atoms with van der Waals surface area (Å²) in [7, 11) is 0. The highest BCUT2D eigenvalue weighted by molar-refractivity contribution is 5.80. The van der Waals surface area contributed by atoms with E-state index in [-0.39, 0.29) is 6.29 Å². The van der Waals surface area contributed by atoms with Crippen molar-refractivity contribution in [2.75, 3.05) is 6.61 Å². The molecule has 0 unspecified atom stereocenters. The van der Waals surface area contributed by atoms with E-state index < -0.39 is 17.3 Å². The lowest BCUT2D eigenvalue weighted by Gasteiger charge is -2.13. The normalized spacial score (nSPS) is 16.7. The average molecular weight is 366 g/mol. The molecular formula is C21H25F3O2. The molecule has 0 aliphatic heterocycles. The van der Waals surface area contributed by atoms with Gasteiger partial charge < -0.3 is 4.74 Å². The Morgan fingerprint density at radius 1 is 1.31 bits per heavy atom. The summed E-state index contributed by atoms with van der Waals surface area (Å²) in [6.07, 6.45) is 3.16. The number of alkyl halides is 3. The molecule has 142 valence electrons. The lowest BCUT2D eigenvalue weighted by molar-refractivity contribution is -0.108. The Labute approximate surface area is 153 Å². The largest absolute Gasteiger partial charge is 0.497 e. The SMILES string of the molecule is C=C(C=O)/C(=C\C(=C/C)C1=CC(C)=C(OCCC)CC(C)=C1)C(F)(F)F. The summed E-state index contributed by atoms with van der Waals surface area (Å²) >= 11 is 0. The molecule has 0 bridgehead atoms. The Morgan fingerprint density at radius 2 is 1.96 bits per heavy atom. The van der Waals surface area contributed by atoms with Crippen molar-refractivity contribution >= 4 is 6.29 Å². The molecule has 1 aliphatic rings. The van der Waals surface area contributed by atoms with Gasteiger partial charge in [-0.05, 0) is 56.1 Å². The number of hydrogen-bond donors (Lipinski definition) is 0. The first-order chi connectivity index (χ1) is 12.1. The van der Waals surface area contributed by atoms with Crippen molar-refractivity contribution in [3.63, 3.8) is 0 Å². The molecule has 1 aliphatic carbocycles. The minimum Gasteiger partial charge on any atom is -0.497 e. The van der Waals surface area contributed by atoms with E-state index in [0.29, 0.717) is 24.2 Å². The maximum atomic E-state index is 13.3. The molecule has 1 rings (SSSR count). The van der Waals surface area contributed by atoms with Crippen molar-refractivity contribution in [2.24, 2.45) is 0 Å². The van der Waals surface area contributed by atoms with Crippen LogP contribution in [0.1, 0.15) is 40.5 Å². The van der Waals surface area contributed by atoms with Gasteiger partial charge >= 0.3 is 6.18 Å². The zero-order valence-corrected chi connectivity index (χ0v) is 15.7. The van der Waals surface area contributed by atoms with Gasteiger partial charge in [-0.25, -0.2) is 0 Å². The Morgan fingerprint density at radius 3 is 2.46 bits per heavy atom. The highest BCUT2D eigenvalue weighted by Gasteiger charge is 2.35. The van der Waals surface area contributed by atoms with Crippen LogP contribution in [0.15, 0.2) is 70.1 Å². The highest BCUT2D eigenvalue weighted by Crippen LogP contribution is 2.34. The molecule has 0 saturated heterocycles. The first-order valence-corrected chi connectivity index (χ1v) is 8.45. The molecule has 0 fully saturated rings. The monoisotopic (exact) mass is 366 g/mol. The number of carbonyl (C=O) groups excluding carboxylic acids is 1. The maximum absolute atomic E-state index is 13.3. The van der Waals surface area contributed by atoms with Gasteiger partial charge in [-0.15, -0.1) is 0 Å². The van der Waals surface area contributed by atoms with Crippen molar-refractivity contribution in [3.05, 3.63) is 70.1 Å². The molecule has 2 nitrogen and oxygen atoms in total. The van der Waals surface area contributed by atoms with Crippen LogP contribution in [0.4, 0.5) is 13.2 Å². The number of halogens is 3. The van der Waals surface area contributed by atoms with Gasteiger partial charge in [-0.2, -0.15) is 13.2 Å². The molecule has 0 radical (unpaired) electrons. The van der Waals surface area contributed by atoms with E-state index in [0.717, 1.165) is 29.4 Å². The number of carbonyl (C=O) groups is 1. The van der Waals surface area contributed by atoms with Gasteiger partial charge in [-0.3, -0.25) is 4.79 Å². The van der Waals surface area contributed by atoms with E-state index >= 15 is 0 Å². The van der Waals surface area contributed by atoms with Gasteiger partial charge in [0.25, 0.3) is 0 Å². The first kappa shape index (κ1) is 21.7. The van der Waals surface area contributed by atoms with Gasteiger partial charge in [0.1, 0.15) is 12.0 Å². The van der Waals surface area contributed by atoms with Crippen molar-refractivity contribution < 1.29 is 22.7 Å². The van der Waals surface area contributed by atoms with E-state index in [1.165, 1.54) is 0 Å². The Kier molecular flexibility index (Phi) is 7.87. The lowest BCUT2D eigenvalue weighted by atomic mass is 9.97. The van der Waals surface area contributed by atoms with Gasteiger partial charge in [0, 0.05) is 12.0 Å². The number of ether oxygens (including phenoxy) is 1. The quantitative estimate of drug-likeness (QED) is 0.307. The molecule has 0 aromatic rings. The van der Waals surface area contributed by atoms with Gasteiger partial charge in [-0.1, -0.05) is 31.2 Å². The second kappa shape index (κ2) is 9.41. The van der Waals surface area contributed by atoms with E-state index in [9.17, 15) is 18.0 Å². The minimum absolute atomic E-state index is 0.122. The van der Waals surface area contributed by atoms with Crippen LogP contribution in [0.2, 0.25) is 0 Å². The zero-order valence-electron chi connectivity index (χ0n) is 15.7. The van der Waals surface area contributed by atoms with E-state index in [2.05, 4.69) is 6.58 Å². The van der Waals surface area contributed by atoms with Crippen LogP contribution in [0, 0.1) is 0 Å². The molecular weight excluding hydrogens is 341 g/mol. The second-order valence-electron chi connectivity index (χ2n) is 6.16. The van der Waals surface area contributed by atoms with Gasteiger partial charge in [0.2, 0.25) is 0 Å². The Hall–Kier alpha value is -2.30. The maximum Gasteiger partial charge on any atom is 0.417 e. The van der Waals surface area contributed by atoms with Crippen LogP contribution in [0.3, 0.4) is 0 Å². The van der Waals surface area contributed by atoms with Crippen LogP contribution >= 0.6 is 0 Å². The molecule has 0 saturated carbocycles. The molecule has 5 heteroatoms. The van der Waals surface area contributed by atoms with Crippen LogP contribution < -0.4 is 0 Å². The molecule has 0 heterocycles. The fraction of sp³-hybridized carbons (Fsp3) is 0.381. The minimum atomic E-state index is -4.66.